The number of halogens is 1. The Morgan fingerprint density at radius 3 is 2.64 bits per heavy atom. The molecule has 0 spiro atoms. The van der Waals surface area contributed by atoms with E-state index in [0.29, 0.717) is 49.0 Å². The van der Waals surface area contributed by atoms with Crippen molar-refractivity contribution in [3.8, 4) is 0 Å². The SMILES string of the molecule is O=CC(Cc1c(C(=O)c2ccccc2)[nH]c2cc(Cl)ccc12)N1CCOCC1. The van der Waals surface area contributed by atoms with Crippen molar-refractivity contribution in [2.45, 2.75) is 12.5 Å². The van der Waals surface area contributed by atoms with E-state index in [1.165, 1.54) is 0 Å². The molecule has 1 atom stereocenters. The predicted molar refractivity (Wildman–Crippen MR) is 109 cm³/mol. The number of morpholine rings is 1. The molecule has 5 nitrogen and oxygen atoms in total. The Labute approximate surface area is 168 Å². The van der Waals surface area contributed by atoms with E-state index in [1.807, 2.05) is 36.4 Å². The lowest BCUT2D eigenvalue weighted by Crippen LogP contribution is -2.45. The highest BCUT2D eigenvalue weighted by molar-refractivity contribution is 6.31. The molecule has 144 valence electrons. The van der Waals surface area contributed by atoms with Crippen LogP contribution >= 0.6 is 11.6 Å². The molecule has 1 aromatic heterocycles. The van der Waals surface area contributed by atoms with Crippen molar-refractivity contribution in [1.29, 1.82) is 0 Å². The van der Waals surface area contributed by atoms with Gasteiger partial charge in [0.1, 0.15) is 6.29 Å². The second-order valence-corrected chi connectivity index (χ2v) is 7.36. The summed E-state index contributed by atoms with van der Waals surface area (Å²) in [6.07, 6.45) is 1.43. The zero-order chi connectivity index (χ0) is 19.5. The number of nitrogens with zero attached hydrogens (tertiary/aromatic N) is 1. The van der Waals surface area contributed by atoms with Crippen LogP contribution in [0.4, 0.5) is 0 Å². The average Bonchev–Trinajstić information content (AvgIpc) is 3.09. The van der Waals surface area contributed by atoms with Crippen molar-refractivity contribution in [3.63, 3.8) is 0 Å². The Bertz CT molecular complexity index is 994. The fourth-order valence-electron chi connectivity index (χ4n) is 3.75. The molecule has 1 saturated heterocycles. The fraction of sp³-hybridized carbons (Fsp3) is 0.273. The fourth-order valence-corrected chi connectivity index (χ4v) is 3.92. The highest BCUT2D eigenvalue weighted by Crippen LogP contribution is 2.29. The van der Waals surface area contributed by atoms with Gasteiger partial charge in [0, 0.05) is 34.6 Å². The van der Waals surface area contributed by atoms with Crippen LogP contribution in [0, 0.1) is 0 Å². The van der Waals surface area contributed by atoms with Crippen molar-refractivity contribution in [2.75, 3.05) is 26.3 Å². The summed E-state index contributed by atoms with van der Waals surface area (Å²) >= 11 is 6.15. The zero-order valence-electron chi connectivity index (χ0n) is 15.4. The summed E-state index contributed by atoms with van der Waals surface area (Å²) in [4.78, 5) is 30.4. The van der Waals surface area contributed by atoms with E-state index < -0.39 is 0 Å². The van der Waals surface area contributed by atoms with E-state index in [4.69, 9.17) is 16.3 Å². The number of hydrogen-bond acceptors (Lipinski definition) is 4. The first-order valence-electron chi connectivity index (χ1n) is 9.34. The highest BCUT2D eigenvalue weighted by Gasteiger charge is 2.26. The molecule has 2 aromatic carbocycles. The van der Waals surface area contributed by atoms with Crippen molar-refractivity contribution < 1.29 is 14.3 Å². The molecule has 1 unspecified atom stereocenters. The Kier molecular flexibility index (Phi) is 5.57. The molecule has 1 fully saturated rings. The normalized spacial score (nSPS) is 16.2. The predicted octanol–water partition coefficient (Wildman–Crippen LogP) is 3.49. The number of nitrogens with one attached hydrogen (secondary N) is 1. The molecule has 3 aromatic rings. The number of H-pyrrole nitrogens is 1. The van der Waals surface area contributed by atoms with Crippen LogP contribution in [-0.2, 0) is 16.0 Å². The largest absolute Gasteiger partial charge is 0.379 e. The molecule has 1 N–H and O–H groups in total. The number of benzene rings is 2. The number of ether oxygens (including phenoxy) is 1. The van der Waals surface area contributed by atoms with E-state index in [9.17, 15) is 9.59 Å². The highest BCUT2D eigenvalue weighted by atomic mass is 35.5. The lowest BCUT2D eigenvalue weighted by Gasteiger charge is -2.31. The van der Waals surface area contributed by atoms with Gasteiger partial charge in [-0.2, -0.15) is 0 Å². The molecule has 0 amide bonds. The maximum Gasteiger partial charge on any atom is 0.209 e. The van der Waals surface area contributed by atoms with Gasteiger partial charge in [-0.15, -0.1) is 0 Å². The van der Waals surface area contributed by atoms with E-state index in [-0.39, 0.29) is 11.8 Å². The minimum absolute atomic E-state index is 0.0884. The van der Waals surface area contributed by atoms with Crippen molar-refractivity contribution >= 4 is 34.6 Å². The molecule has 0 aliphatic carbocycles. The van der Waals surface area contributed by atoms with Crippen molar-refractivity contribution in [3.05, 3.63) is 70.4 Å². The monoisotopic (exact) mass is 396 g/mol. The molecular weight excluding hydrogens is 376 g/mol. The van der Waals surface area contributed by atoms with Gasteiger partial charge in [0.25, 0.3) is 0 Å². The van der Waals surface area contributed by atoms with Crippen LogP contribution in [-0.4, -0.2) is 54.3 Å². The van der Waals surface area contributed by atoms with Gasteiger partial charge in [-0.05, 0) is 24.1 Å². The van der Waals surface area contributed by atoms with Crippen molar-refractivity contribution in [1.82, 2.24) is 9.88 Å². The summed E-state index contributed by atoms with van der Waals surface area (Å²) in [5.41, 5.74) is 2.77. The topological polar surface area (TPSA) is 62.4 Å². The Balaban J connectivity index is 1.76. The van der Waals surface area contributed by atoms with Gasteiger partial charge in [-0.25, -0.2) is 0 Å². The Hall–Kier alpha value is -2.47. The third-order valence-corrected chi connectivity index (χ3v) is 5.45. The molecule has 0 radical (unpaired) electrons. The van der Waals surface area contributed by atoms with Crippen LogP contribution in [0.25, 0.3) is 10.9 Å². The first-order chi connectivity index (χ1) is 13.7. The number of carbonyl (C=O) groups excluding carboxylic acids is 2. The first-order valence-corrected chi connectivity index (χ1v) is 9.72. The quantitative estimate of drug-likeness (QED) is 0.511. The van der Waals surface area contributed by atoms with Gasteiger partial charge in [-0.1, -0.05) is 48.0 Å². The molecule has 0 bridgehead atoms. The second-order valence-electron chi connectivity index (χ2n) is 6.92. The summed E-state index contributed by atoms with van der Waals surface area (Å²) in [5, 5.41) is 1.52. The van der Waals surface area contributed by atoms with Gasteiger partial charge in [0.2, 0.25) is 5.78 Å². The maximum absolute atomic E-state index is 13.2. The van der Waals surface area contributed by atoms with Gasteiger partial charge in [-0.3, -0.25) is 9.69 Å². The second kappa shape index (κ2) is 8.27. The Morgan fingerprint density at radius 2 is 1.93 bits per heavy atom. The number of fused-ring (bicyclic) bond motifs is 1. The molecule has 0 saturated carbocycles. The number of aromatic nitrogens is 1. The lowest BCUT2D eigenvalue weighted by atomic mass is 9.97. The minimum Gasteiger partial charge on any atom is -0.379 e. The molecule has 4 rings (SSSR count). The number of aldehydes is 1. The standard InChI is InChI=1S/C22H21ClN2O3/c23-16-6-7-18-19(13-17(14-26)25-8-10-28-11-9-25)21(24-20(18)12-16)22(27)15-4-2-1-3-5-15/h1-7,12,14,17,24H,8-11,13H2. The van der Waals surface area contributed by atoms with Gasteiger partial charge in [0.15, 0.2) is 0 Å². The molecular formula is C22H21ClN2O3. The van der Waals surface area contributed by atoms with E-state index in [2.05, 4.69) is 9.88 Å². The number of ketones is 1. The number of carbonyl (C=O) groups is 2. The molecule has 28 heavy (non-hydrogen) atoms. The smallest absolute Gasteiger partial charge is 0.209 e. The summed E-state index contributed by atoms with van der Waals surface area (Å²) in [5.74, 6) is -0.0884. The molecule has 2 heterocycles. The van der Waals surface area contributed by atoms with Crippen LogP contribution in [0.1, 0.15) is 21.6 Å². The van der Waals surface area contributed by atoms with E-state index in [1.54, 1.807) is 12.1 Å². The van der Waals surface area contributed by atoms with Crippen LogP contribution in [0.3, 0.4) is 0 Å². The van der Waals surface area contributed by atoms with Crippen LogP contribution < -0.4 is 0 Å². The summed E-state index contributed by atoms with van der Waals surface area (Å²) in [6, 6.07) is 14.4. The van der Waals surface area contributed by atoms with E-state index in [0.717, 1.165) is 22.8 Å². The zero-order valence-corrected chi connectivity index (χ0v) is 16.1. The summed E-state index contributed by atoms with van der Waals surface area (Å²) < 4.78 is 5.40. The lowest BCUT2D eigenvalue weighted by molar-refractivity contribution is -0.114. The van der Waals surface area contributed by atoms with Crippen molar-refractivity contribution in [2.24, 2.45) is 0 Å². The number of aromatic amines is 1. The summed E-state index contributed by atoms with van der Waals surface area (Å²) in [6.45, 7) is 2.65. The third-order valence-electron chi connectivity index (χ3n) is 5.22. The Morgan fingerprint density at radius 1 is 1.18 bits per heavy atom. The average molecular weight is 397 g/mol. The molecule has 6 heteroatoms. The summed E-state index contributed by atoms with van der Waals surface area (Å²) in [7, 11) is 0. The third kappa shape index (κ3) is 3.74. The van der Waals surface area contributed by atoms with Crippen LogP contribution in [0.2, 0.25) is 5.02 Å². The van der Waals surface area contributed by atoms with Crippen LogP contribution in [0.15, 0.2) is 48.5 Å². The molecule has 1 aliphatic rings. The van der Waals surface area contributed by atoms with Crippen LogP contribution in [0.5, 0.6) is 0 Å². The minimum atomic E-state index is -0.305. The van der Waals surface area contributed by atoms with Gasteiger partial charge >= 0.3 is 0 Å². The number of rotatable bonds is 6. The maximum atomic E-state index is 13.2. The van der Waals surface area contributed by atoms with Gasteiger partial charge in [0.05, 0.1) is 24.9 Å². The van der Waals surface area contributed by atoms with E-state index >= 15 is 0 Å². The number of hydrogen-bond donors (Lipinski definition) is 1. The molecule has 1 aliphatic heterocycles. The van der Waals surface area contributed by atoms with Gasteiger partial charge < -0.3 is 14.5 Å². The first kappa shape index (κ1) is 18.9.